The van der Waals surface area contributed by atoms with E-state index < -0.39 is 11.7 Å². The molecular weight excluding hydrogens is 269 g/mol. The highest BCUT2D eigenvalue weighted by Crippen LogP contribution is 2.13. The molecule has 0 aliphatic heterocycles. The van der Waals surface area contributed by atoms with E-state index in [1.165, 1.54) is 18.3 Å². The van der Waals surface area contributed by atoms with Crippen LogP contribution < -0.4 is 11.1 Å². The highest BCUT2D eigenvalue weighted by Gasteiger charge is 2.11. The van der Waals surface area contributed by atoms with Crippen molar-refractivity contribution < 1.29 is 9.18 Å². The molecule has 1 aromatic carbocycles. The Bertz CT molecular complexity index is 732. The SMILES string of the molecule is Cc1ccc(F)cc1C(=O)Nc1cc(C#CCN)ccn1. The molecule has 1 aromatic heterocycles. The Hall–Kier alpha value is -2.71. The first-order chi connectivity index (χ1) is 10.1. The number of hydrogen-bond donors (Lipinski definition) is 2. The predicted octanol–water partition coefficient (Wildman–Crippen LogP) is 2.09. The third-order valence-electron chi connectivity index (χ3n) is 2.78. The largest absolute Gasteiger partial charge is 0.320 e. The topological polar surface area (TPSA) is 68.0 Å². The summed E-state index contributed by atoms with van der Waals surface area (Å²) in [6, 6.07) is 7.41. The second kappa shape index (κ2) is 6.64. The van der Waals surface area contributed by atoms with Crippen molar-refractivity contribution >= 4 is 11.7 Å². The molecule has 0 saturated heterocycles. The van der Waals surface area contributed by atoms with Crippen LogP contribution in [-0.2, 0) is 0 Å². The van der Waals surface area contributed by atoms with E-state index in [0.717, 1.165) is 0 Å². The van der Waals surface area contributed by atoms with Gasteiger partial charge >= 0.3 is 0 Å². The van der Waals surface area contributed by atoms with Crippen LogP contribution in [0, 0.1) is 24.6 Å². The molecule has 1 amide bonds. The van der Waals surface area contributed by atoms with Crippen LogP contribution in [0.2, 0.25) is 0 Å². The Balaban J connectivity index is 2.21. The summed E-state index contributed by atoms with van der Waals surface area (Å²) in [5.41, 5.74) is 6.96. The molecule has 106 valence electrons. The van der Waals surface area contributed by atoms with Gasteiger partial charge in [-0.25, -0.2) is 9.37 Å². The first-order valence-corrected chi connectivity index (χ1v) is 6.32. The number of benzene rings is 1. The Morgan fingerprint density at radius 2 is 2.19 bits per heavy atom. The van der Waals surface area contributed by atoms with Gasteiger partial charge in [-0.1, -0.05) is 17.9 Å². The van der Waals surface area contributed by atoms with E-state index in [9.17, 15) is 9.18 Å². The van der Waals surface area contributed by atoms with Crippen LogP contribution in [0.25, 0.3) is 0 Å². The fourth-order valence-electron chi connectivity index (χ4n) is 1.75. The number of nitrogens with two attached hydrogens (primary N) is 1. The lowest BCUT2D eigenvalue weighted by Crippen LogP contribution is -2.14. The number of aromatic nitrogens is 1. The van der Waals surface area contributed by atoms with Crippen molar-refractivity contribution in [2.45, 2.75) is 6.92 Å². The molecule has 0 radical (unpaired) electrons. The predicted molar refractivity (Wildman–Crippen MR) is 79.3 cm³/mol. The highest BCUT2D eigenvalue weighted by molar-refractivity contribution is 6.04. The van der Waals surface area contributed by atoms with Gasteiger partial charge in [0.1, 0.15) is 11.6 Å². The van der Waals surface area contributed by atoms with Crippen LogP contribution in [0.1, 0.15) is 21.5 Å². The van der Waals surface area contributed by atoms with Crippen molar-refractivity contribution in [3.63, 3.8) is 0 Å². The second-order valence-corrected chi connectivity index (χ2v) is 4.35. The number of carbonyl (C=O) groups excluding carboxylic acids is 1. The minimum atomic E-state index is -0.457. The molecule has 5 heteroatoms. The lowest BCUT2D eigenvalue weighted by molar-refractivity contribution is 0.102. The summed E-state index contributed by atoms with van der Waals surface area (Å²) in [5, 5.41) is 2.63. The molecule has 0 saturated carbocycles. The maximum Gasteiger partial charge on any atom is 0.257 e. The minimum absolute atomic E-state index is 0.256. The molecule has 0 bridgehead atoms. The molecule has 0 fully saturated rings. The lowest BCUT2D eigenvalue weighted by Gasteiger charge is -2.07. The molecule has 2 aromatic rings. The number of anilines is 1. The maximum absolute atomic E-state index is 13.2. The Morgan fingerprint density at radius 1 is 1.38 bits per heavy atom. The van der Waals surface area contributed by atoms with Crippen LogP contribution in [0.4, 0.5) is 10.2 Å². The molecule has 21 heavy (non-hydrogen) atoms. The van der Waals surface area contributed by atoms with Gasteiger partial charge in [-0.15, -0.1) is 0 Å². The standard InChI is InChI=1S/C16H14FN3O/c1-11-4-5-13(17)10-14(11)16(21)20-15-9-12(3-2-7-18)6-8-19-15/h4-6,8-10H,7,18H2,1H3,(H,19,20,21). The van der Waals surface area contributed by atoms with Gasteiger partial charge in [0.05, 0.1) is 6.54 Å². The number of carbonyl (C=O) groups is 1. The fourth-order valence-corrected chi connectivity index (χ4v) is 1.75. The van der Waals surface area contributed by atoms with Crippen LogP contribution in [0.15, 0.2) is 36.5 Å². The second-order valence-electron chi connectivity index (χ2n) is 4.35. The molecule has 0 atom stereocenters. The summed E-state index contributed by atoms with van der Waals surface area (Å²) in [7, 11) is 0. The highest BCUT2D eigenvalue weighted by atomic mass is 19.1. The van der Waals surface area contributed by atoms with Crippen molar-refractivity contribution in [1.29, 1.82) is 0 Å². The van der Waals surface area contributed by atoms with Crippen molar-refractivity contribution in [2.24, 2.45) is 5.73 Å². The zero-order valence-electron chi connectivity index (χ0n) is 11.5. The van der Waals surface area contributed by atoms with Gasteiger partial charge in [-0.2, -0.15) is 0 Å². The van der Waals surface area contributed by atoms with E-state index in [1.54, 1.807) is 25.1 Å². The zero-order chi connectivity index (χ0) is 15.2. The van der Waals surface area contributed by atoms with Gasteiger partial charge in [0.25, 0.3) is 5.91 Å². The van der Waals surface area contributed by atoms with E-state index in [-0.39, 0.29) is 12.1 Å². The monoisotopic (exact) mass is 283 g/mol. The number of amides is 1. The average molecular weight is 283 g/mol. The Morgan fingerprint density at radius 3 is 2.95 bits per heavy atom. The normalized spacial score (nSPS) is 9.67. The zero-order valence-corrected chi connectivity index (χ0v) is 11.5. The third kappa shape index (κ3) is 3.88. The van der Waals surface area contributed by atoms with Crippen molar-refractivity contribution in [1.82, 2.24) is 4.98 Å². The number of pyridine rings is 1. The summed E-state index contributed by atoms with van der Waals surface area (Å²) in [4.78, 5) is 16.2. The first kappa shape index (κ1) is 14.7. The van der Waals surface area contributed by atoms with Crippen molar-refractivity contribution in [3.8, 4) is 11.8 Å². The van der Waals surface area contributed by atoms with Gasteiger partial charge in [0.2, 0.25) is 0 Å². The van der Waals surface area contributed by atoms with Gasteiger partial charge < -0.3 is 11.1 Å². The molecule has 1 heterocycles. The molecule has 0 unspecified atom stereocenters. The molecule has 2 rings (SSSR count). The summed E-state index contributed by atoms with van der Waals surface area (Å²) < 4.78 is 13.2. The number of rotatable bonds is 2. The molecule has 4 nitrogen and oxygen atoms in total. The third-order valence-corrected chi connectivity index (χ3v) is 2.78. The van der Waals surface area contributed by atoms with Gasteiger partial charge in [-0.3, -0.25) is 4.79 Å². The summed E-state index contributed by atoms with van der Waals surface area (Å²) in [5.74, 6) is 5.06. The van der Waals surface area contributed by atoms with E-state index in [2.05, 4.69) is 22.1 Å². The summed E-state index contributed by atoms with van der Waals surface area (Å²) >= 11 is 0. The maximum atomic E-state index is 13.2. The minimum Gasteiger partial charge on any atom is -0.320 e. The number of halogens is 1. The van der Waals surface area contributed by atoms with E-state index >= 15 is 0 Å². The van der Waals surface area contributed by atoms with E-state index in [1.807, 2.05) is 0 Å². The molecule has 0 aliphatic carbocycles. The van der Waals surface area contributed by atoms with Crippen molar-refractivity contribution in [2.75, 3.05) is 11.9 Å². The summed E-state index contributed by atoms with van der Waals surface area (Å²) in [6.07, 6.45) is 1.54. The van der Waals surface area contributed by atoms with Gasteiger partial charge in [-0.05, 0) is 36.8 Å². The Kier molecular flexibility index (Phi) is 4.64. The van der Waals surface area contributed by atoms with Crippen LogP contribution in [-0.4, -0.2) is 17.4 Å². The molecule has 0 aliphatic rings. The average Bonchev–Trinajstić information content (AvgIpc) is 2.48. The van der Waals surface area contributed by atoms with Crippen LogP contribution >= 0.6 is 0 Å². The van der Waals surface area contributed by atoms with Gasteiger partial charge in [0, 0.05) is 17.3 Å². The number of hydrogen-bond acceptors (Lipinski definition) is 3. The fraction of sp³-hybridized carbons (Fsp3) is 0.125. The van der Waals surface area contributed by atoms with Gasteiger partial charge in [0.15, 0.2) is 0 Å². The quantitative estimate of drug-likeness (QED) is 0.829. The number of nitrogens with one attached hydrogen (secondary N) is 1. The summed E-state index contributed by atoms with van der Waals surface area (Å²) in [6.45, 7) is 2.00. The van der Waals surface area contributed by atoms with Crippen molar-refractivity contribution in [3.05, 3.63) is 59.0 Å². The van der Waals surface area contributed by atoms with E-state index in [4.69, 9.17) is 5.73 Å². The lowest BCUT2D eigenvalue weighted by atomic mass is 10.1. The molecular formula is C16H14FN3O. The Labute approximate surface area is 122 Å². The first-order valence-electron chi connectivity index (χ1n) is 6.32. The smallest absolute Gasteiger partial charge is 0.257 e. The van der Waals surface area contributed by atoms with Crippen LogP contribution in [0.5, 0.6) is 0 Å². The number of nitrogens with zero attached hydrogens (tertiary/aromatic N) is 1. The molecule has 0 spiro atoms. The van der Waals surface area contributed by atoms with Crippen LogP contribution in [0.3, 0.4) is 0 Å². The van der Waals surface area contributed by atoms with E-state index in [0.29, 0.717) is 16.9 Å². The number of aryl methyl sites for hydroxylation is 1. The molecule has 3 N–H and O–H groups in total.